The van der Waals surface area contributed by atoms with E-state index in [1.54, 1.807) is 6.08 Å². The molecule has 132 valence electrons. The summed E-state index contributed by atoms with van der Waals surface area (Å²) in [6.45, 7) is 2.06. The van der Waals surface area contributed by atoms with Gasteiger partial charge in [-0.25, -0.2) is 0 Å². The molecule has 1 unspecified atom stereocenters. The molecule has 0 aromatic heterocycles. The first kappa shape index (κ1) is 16.5. The number of benzene rings is 3. The van der Waals surface area contributed by atoms with E-state index in [1.807, 2.05) is 54.6 Å². The van der Waals surface area contributed by atoms with Gasteiger partial charge in [-0.1, -0.05) is 66.7 Å². The maximum absolute atomic E-state index is 13.6. The zero-order valence-corrected chi connectivity index (χ0v) is 15.4. The Hall–Kier alpha value is -3.70. The molecule has 0 bridgehead atoms. The van der Waals surface area contributed by atoms with Crippen molar-refractivity contribution in [3.63, 3.8) is 0 Å². The van der Waals surface area contributed by atoms with Gasteiger partial charge in [-0.05, 0) is 64.1 Å². The number of carbonyl (C=O) groups is 1. The maximum Gasteiger partial charge on any atom is 0.175 e. The number of rotatable bonds is 1. The van der Waals surface area contributed by atoms with Crippen molar-refractivity contribution in [1.82, 2.24) is 0 Å². The molecule has 1 atom stereocenters. The van der Waals surface area contributed by atoms with E-state index in [0.717, 1.165) is 39.0 Å². The Kier molecular flexibility index (Phi) is 3.47. The molecule has 3 aromatic rings. The minimum absolute atomic E-state index is 0.0628. The van der Waals surface area contributed by atoms with Crippen LogP contribution < -0.4 is 0 Å². The van der Waals surface area contributed by atoms with Gasteiger partial charge in [0.25, 0.3) is 0 Å². The van der Waals surface area contributed by atoms with Gasteiger partial charge in [0.2, 0.25) is 0 Å². The van der Waals surface area contributed by atoms with E-state index in [1.165, 1.54) is 0 Å². The van der Waals surface area contributed by atoms with Gasteiger partial charge >= 0.3 is 0 Å². The lowest BCUT2D eigenvalue weighted by Crippen LogP contribution is -2.38. The summed E-state index contributed by atoms with van der Waals surface area (Å²) in [7, 11) is 0. The lowest BCUT2D eigenvalue weighted by Gasteiger charge is -2.36. The van der Waals surface area contributed by atoms with Crippen molar-refractivity contribution < 1.29 is 4.79 Å². The van der Waals surface area contributed by atoms with E-state index in [2.05, 4.69) is 37.3 Å². The third-order valence-electron chi connectivity index (χ3n) is 5.92. The van der Waals surface area contributed by atoms with Gasteiger partial charge in [-0.15, -0.1) is 0 Å². The molecule has 2 aliphatic carbocycles. The maximum atomic E-state index is 13.6. The fraction of sp³-hybridized carbons (Fsp3) is 0.0769. The lowest BCUT2D eigenvalue weighted by atomic mass is 9.63. The van der Waals surface area contributed by atoms with Gasteiger partial charge in [-0.2, -0.15) is 5.26 Å². The van der Waals surface area contributed by atoms with E-state index in [0.29, 0.717) is 5.56 Å². The molecule has 28 heavy (non-hydrogen) atoms. The van der Waals surface area contributed by atoms with Gasteiger partial charge in [-0.3, -0.25) is 4.79 Å². The van der Waals surface area contributed by atoms with Crippen LogP contribution >= 0.6 is 0 Å². The molecular formula is C26H17NO. The van der Waals surface area contributed by atoms with Crippen molar-refractivity contribution in [2.24, 2.45) is 0 Å². The molecule has 2 nitrogen and oxygen atoms in total. The minimum atomic E-state index is -0.875. The van der Waals surface area contributed by atoms with Crippen LogP contribution in [0, 0.1) is 11.3 Å². The molecule has 1 spiro atoms. The van der Waals surface area contributed by atoms with Gasteiger partial charge in [0.05, 0.1) is 11.6 Å². The van der Waals surface area contributed by atoms with E-state index in [9.17, 15) is 10.1 Å². The van der Waals surface area contributed by atoms with Crippen LogP contribution in [0.3, 0.4) is 0 Å². The molecular weight excluding hydrogens is 342 g/mol. The summed E-state index contributed by atoms with van der Waals surface area (Å²) < 4.78 is 0. The molecule has 3 aromatic carbocycles. The third kappa shape index (κ3) is 1.99. The molecule has 2 heteroatoms. The largest absolute Gasteiger partial charge is 0.293 e. The molecule has 2 aliphatic rings. The van der Waals surface area contributed by atoms with Crippen LogP contribution in [0.5, 0.6) is 0 Å². The van der Waals surface area contributed by atoms with E-state index >= 15 is 0 Å². The van der Waals surface area contributed by atoms with Crippen LogP contribution in [0.4, 0.5) is 0 Å². The van der Waals surface area contributed by atoms with Crippen LogP contribution in [0.1, 0.15) is 40.3 Å². The topological polar surface area (TPSA) is 40.9 Å². The summed E-state index contributed by atoms with van der Waals surface area (Å²) in [6, 6.07) is 26.1. The molecule has 0 saturated carbocycles. The zero-order chi connectivity index (χ0) is 19.3. The molecule has 5 rings (SSSR count). The summed E-state index contributed by atoms with van der Waals surface area (Å²) in [5, 5.41) is 9.41. The fourth-order valence-corrected chi connectivity index (χ4v) is 4.78. The molecule has 0 amide bonds. The van der Waals surface area contributed by atoms with Crippen LogP contribution in [-0.2, 0) is 10.2 Å². The zero-order valence-electron chi connectivity index (χ0n) is 15.4. The van der Waals surface area contributed by atoms with E-state index < -0.39 is 5.41 Å². The summed E-state index contributed by atoms with van der Waals surface area (Å²) in [4.78, 5) is 13.6. The Morgan fingerprint density at radius 3 is 2.39 bits per heavy atom. The number of nitrogens with zero attached hydrogens (tertiary/aromatic N) is 1. The third-order valence-corrected chi connectivity index (χ3v) is 5.92. The first-order valence-corrected chi connectivity index (χ1v) is 9.31. The van der Waals surface area contributed by atoms with Crippen LogP contribution in [0.2, 0.25) is 0 Å². The SMILES string of the molecule is CC1=C(c2ccccc2)C2(C(=O)C=Cc3ccccc32)c2ccc(C#N)cc21. The highest BCUT2D eigenvalue weighted by Gasteiger charge is 2.52. The Morgan fingerprint density at radius 1 is 0.857 bits per heavy atom. The Morgan fingerprint density at radius 2 is 1.61 bits per heavy atom. The second kappa shape index (κ2) is 5.90. The lowest BCUT2D eigenvalue weighted by molar-refractivity contribution is -0.116. The Bertz CT molecular complexity index is 1240. The highest BCUT2D eigenvalue weighted by Crippen LogP contribution is 2.57. The Labute approximate surface area is 164 Å². The monoisotopic (exact) mass is 359 g/mol. The summed E-state index contributed by atoms with van der Waals surface area (Å²) in [5.41, 5.74) is 6.84. The number of nitriles is 1. The van der Waals surface area contributed by atoms with E-state index in [4.69, 9.17) is 0 Å². The van der Waals surface area contributed by atoms with Crippen molar-refractivity contribution in [1.29, 1.82) is 5.26 Å². The van der Waals surface area contributed by atoms with Gasteiger partial charge in [0.15, 0.2) is 5.78 Å². The average Bonchev–Trinajstić information content (AvgIpc) is 3.00. The molecule has 0 saturated heterocycles. The number of allylic oxidation sites excluding steroid dienone is 3. The molecule has 0 heterocycles. The highest BCUT2D eigenvalue weighted by atomic mass is 16.1. The van der Waals surface area contributed by atoms with Gasteiger partial charge in [0, 0.05) is 0 Å². The van der Waals surface area contributed by atoms with Crippen molar-refractivity contribution >= 4 is 23.0 Å². The van der Waals surface area contributed by atoms with Gasteiger partial charge < -0.3 is 0 Å². The second-order valence-electron chi connectivity index (χ2n) is 7.27. The standard InChI is InChI=1S/C26H17NO/c1-17-21-15-18(16-27)11-13-23(21)26(25(17)20-8-3-2-4-9-20)22-10-6-5-7-19(22)12-14-24(26)28/h2-15H,1H3. The predicted molar refractivity (Wildman–Crippen MR) is 111 cm³/mol. The normalized spacial score (nSPS) is 19.5. The van der Waals surface area contributed by atoms with Crippen molar-refractivity contribution in [2.75, 3.05) is 0 Å². The minimum Gasteiger partial charge on any atom is -0.293 e. The summed E-state index contributed by atoms with van der Waals surface area (Å²) in [6.07, 6.45) is 3.61. The van der Waals surface area contributed by atoms with Gasteiger partial charge in [0.1, 0.15) is 5.41 Å². The predicted octanol–water partition coefficient (Wildman–Crippen LogP) is 5.38. The number of carbonyl (C=O) groups excluding carboxylic acids is 1. The van der Waals surface area contributed by atoms with Crippen molar-refractivity contribution in [2.45, 2.75) is 12.3 Å². The van der Waals surface area contributed by atoms with E-state index in [-0.39, 0.29) is 5.78 Å². The second-order valence-corrected chi connectivity index (χ2v) is 7.27. The number of hydrogen-bond acceptors (Lipinski definition) is 2. The number of fused-ring (bicyclic) bond motifs is 4. The fourth-order valence-electron chi connectivity index (χ4n) is 4.78. The number of ketones is 1. The van der Waals surface area contributed by atoms with Crippen LogP contribution in [0.15, 0.2) is 78.9 Å². The summed E-state index contributed by atoms with van der Waals surface area (Å²) >= 11 is 0. The van der Waals surface area contributed by atoms with Crippen LogP contribution in [0.25, 0.3) is 17.2 Å². The Balaban J connectivity index is 1.95. The molecule has 0 aliphatic heterocycles. The highest BCUT2D eigenvalue weighted by molar-refractivity contribution is 6.22. The van der Waals surface area contributed by atoms with Crippen molar-refractivity contribution in [3.8, 4) is 6.07 Å². The van der Waals surface area contributed by atoms with Crippen LogP contribution in [-0.4, -0.2) is 5.78 Å². The first-order valence-electron chi connectivity index (χ1n) is 9.31. The van der Waals surface area contributed by atoms with Crippen molar-refractivity contribution in [3.05, 3.63) is 112 Å². The summed E-state index contributed by atoms with van der Waals surface area (Å²) in [5.74, 6) is 0.0628. The smallest absolute Gasteiger partial charge is 0.175 e. The molecule has 0 radical (unpaired) electrons. The molecule has 0 fully saturated rings. The first-order chi connectivity index (χ1) is 13.7. The average molecular weight is 359 g/mol. The number of hydrogen-bond donors (Lipinski definition) is 0. The quantitative estimate of drug-likeness (QED) is 0.585. The molecule has 0 N–H and O–H groups in total.